The molecule has 0 saturated heterocycles. The Hall–Kier alpha value is 1.30. The van der Waals surface area contributed by atoms with E-state index in [2.05, 4.69) is 29.3 Å². The van der Waals surface area contributed by atoms with E-state index in [0.29, 0.717) is 0 Å². The fourth-order valence-electron chi connectivity index (χ4n) is 0.0625. The number of hydrogen-bond donors (Lipinski definition) is 0. The summed E-state index contributed by atoms with van der Waals surface area (Å²) in [6.07, 6.45) is 0. The molecule has 0 aliphatic rings. The van der Waals surface area contributed by atoms with E-state index >= 15 is 0 Å². The molecule has 0 rings (SSSR count). The van der Waals surface area contributed by atoms with Crippen molar-refractivity contribution in [2.24, 2.45) is 0 Å². The zero-order valence-corrected chi connectivity index (χ0v) is 9.00. The lowest BCUT2D eigenvalue weighted by Crippen LogP contribution is -2.28. The molecule has 0 aliphatic carbocycles. The van der Waals surface area contributed by atoms with Gasteiger partial charge in [0.1, 0.15) is 0 Å². The molecule has 0 saturated carbocycles. The molecule has 0 atom stereocenters. The van der Waals surface area contributed by atoms with E-state index in [4.69, 9.17) is 0 Å². The minimum absolute atomic E-state index is 0.283. The first-order valence-corrected chi connectivity index (χ1v) is 11.2. The highest BCUT2D eigenvalue weighted by atomic mass is 30.0. The van der Waals surface area contributed by atoms with Crippen LogP contribution >= 0.6 is 0 Å². The Kier molecular flexibility index (Phi) is 5.43. The summed E-state index contributed by atoms with van der Waals surface area (Å²) >= 11 is 0. The zero-order valence-electron chi connectivity index (χ0n) is 3.00. The van der Waals surface area contributed by atoms with Gasteiger partial charge in [0.05, 0.1) is 0 Å². The largest absolute Gasteiger partial charge is 0 e. The summed E-state index contributed by atoms with van der Waals surface area (Å²) in [6.45, 7) is 0. The molecule has 6 heavy (non-hydrogen) atoms. The van der Waals surface area contributed by atoms with E-state index in [1.807, 2.05) is 0 Å². The first-order valence-electron chi connectivity index (χ1n) is 1.25. The maximum Gasteiger partial charge on any atom is 0 e. The lowest BCUT2D eigenvalue weighted by atomic mass is 26.2. The van der Waals surface area contributed by atoms with Crippen LogP contribution in [0.4, 0.5) is 0 Å². The Balaban J connectivity index is 2.63. The Morgan fingerprint density at radius 1 is 1.33 bits per heavy atom. The lowest BCUT2D eigenvalue weighted by molar-refractivity contribution is 3.85. The van der Waals surface area contributed by atoms with Crippen LogP contribution in [-0.4, -0.2) is 53.7 Å². The second-order valence-electron chi connectivity index (χ2n) is 0.625. The maximum atomic E-state index is 3.48. The minimum Gasteiger partial charge on any atom is 0 e. The van der Waals surface area contributed by atoms with Crippen molar-refractivity contribution in [3.63, 3.8) is 0 Å². The molecule has 0 bridgehead atoms. The lowest BCUT2D eigenvalue weighted by Gasteiger charge is -1.90. The zero-order chi connectivity index (χ0) is 4.99. The number of rotatable bonds is 2. The van der Waals surface area contributed by atoms with Gasteiger partial charge < -0.3 is 0 Å². The van der Waals surface area contributed by atoms with Crippen LogP contribution in [0.5, 0.6) is 0 Å². The van der Waals surface area contributed by atoms with Crippen LogP contribution in [0.15, 0.2) is 0 Å². The van der Waals surface area contributed by atoms with E-state index in [1.165, 1.54) is 0 Å². The van der Waals surface area contributed by atoms with E-state index in [1.54, 1.807) is 0 Å². The van der Waals surface area contributed by atoms with Crippen LogP contribution in [0, 0.1) is 0 Å². The molecule has 0 N–H and O–H groups in total. The highest BCUT2D eigenvalue weighted by Gasteiger charge is 1.90. The molecule has 0 fully saturated rings. The molecule has 14 radical (unpaired) electrons. The van der Waals surface area contributed by atoms with Gasteiger partial charge in [0.25, 0.3) is 0 Å². The van der Waals surface area contributed by atoms with Gasteiger partial charge in [0.2, 0.25) is 0 Å². The molecule has 0 aromatic carbocycles. The van der Waals surface area contributed by atoms with E-state index < -0.39 is 0 Å². The third-order valence-electron chi connectivity index (χ3n) is 0.188. The van der Waals surface area contributed by atoms with Crippen molar-refractivity contribution in [2.45, 2.75) is 0 Å². The van der Waals surface area contributed by atoms with Crippen molar-refractivity contribution in [2.75, 3.05) is 0 Å². The van der Waals surface area contributed by atoms with Crippen LogP contribution in [0.2, 0.25) is 0 Å². The van der Waals surface area contributed by atoms with Gasteiger partial charge in [0, 0.05) is 53.7 Å². The van der Waals surface area contributed by atoms with Gasteiger partial charge in [-0.15, -0.1) is 0 Å². The molecule has 0 unspecified atom stereocenters. The molecule has 0 spiro atoms. The molecular formula is Si6. The summed E-state index contributed by atoms with van der Waals surface area (Å²) in [4.78, 5) is 0. The van der Waals surface area contributed by atoms with Crippen molar-refractivity contribution >= 4 is 53.7 Å². The normalized spacial score (nSPS) is 10.0. The average molecular weight is 169 g/mol. The minimum atomic E-state index is -0.283. The fraction of sp³-hybridized carbons (Fsp3) is 0. The first kappa shape index (κ1) is 7.30. The molecule has 0 nitrogen and oxygen atoms in total. The summed E-state index contributed by atoms with van der Waals surface area (Å²) in [6, 6.07) is 0. The third-order valence-corrected chi connectivity index (χ3v) is 15.2. The van der Waals surface area contributed by atoms with Crippen LogP contribution in [0.1, 0.15) is 0 Å². The molecule has 0 heterocycles. The van der Waals surface area contributed by atoms with Gasteiger partial charge in [0.15, 0.2) is 0 Å². The summed E-state index contributed by atoms with van der Waals surface area (Å²) < 4.78 is 0. The van der Waals surface area contributed by atoms with E-state index in [-0.39, 0.29) is 7.35 Å². The van der Waals surface area contributed by atoms with Crippen molar-refractivity contribution in [1.29, 1.82) is 0 Å². The van der Waals surface area contributed by atoms with Gasteiger partial charge in [-0.2, -0.15) is 0 Å². The Morgan fingerprint density at radius 2 is 1.83 bits per heavy atom. The smallest absolute Gasteiger partial charge is 0 e. The van der Waals surface area contributed by atoms with Crippen LogP contribution in [-0.2, 0) is 0 Å². The summed E-state index contributed by atoms with van der Waals surface area (Å²) in [5.41, 5.74) is 0. The molecule has 0 aromatic heterocycles. The van der Waals surface area contributed by atoms with Crippen molar-refractivity contribution in [1.82, 2.24) is 0 Å². The second-order valence-corrected chi connectivity index (χ2v) is 16.9. The van der Waals surface area contributed by atoms with Crippen molar-refractivity contribution in [3.8, 4) is 0 Å². The van der Waals surface area contributed by atoms with E-state index in [9.17, 15) is 0 Å². The summed E-state index contributed by atoms with van der Waals surface area (Å²) in [5.74, 6) is 0. The fourth-order valence-corrected chi connectivity index (χ4v) is 15.2. The quantitative estimate of drug-likeness (QED) is 0.408. The van der Waals surface area contributed by atoms with Crippen molar-refractivity contribution in [3.05, 3.63) is 0 Å². The molecule has 0 aliphatic heterocycles. The standard InChI is InChI=1S/Si6/c1-4-5-6(2)3. The maximum absolute atomic E-state index is 3.48. The number of hydrogen-bond acceptors (Lipinski definition) is 0. The average Bonchev–Trinajstić information content (AvgIpc) is 1.35. The summed E-state index contributed by atoms with van der Waals surface area (Å²) in [5, 5.41) is 0. The van der Waals surface area contributed by atoms with Crippen molar-refractivity contribution < 1.29 is 0 Å². The highest BCUT2D eigenvalue weighted by Crippen LogP contribution is 1.52. The van der Waals surface area contributed by atoms with Crippen LogP contribution in [0.3, 0.4) is 0 Å². The summed E-state index contributed by atoms with van der Waals surface area (Å²) in [7, 11) is 12.0. The van der Waals surface area contributed by atoms with Gasteiger partial charge in [-0.25, -0.2) is 0 Å². The van der Waals surface area contributed by atoms with Gasteiger partial charge >= 0.3 is 0 Å². The molecule has 24 valence electrons. The molecule has 0 aromatic rings. The topological polar surface area (TPSA) is 0 Å². The first-order chi connectivity index (χ1) is 2.77. The predicted octanol–water partition coefficient (Wildman–Crippen LogP) is -2.28. The van der Waals surface area contributed by atoms with Gasteiger partial charge in [-0.05, 0) is 0 Å². The molecular weight excluding hydrogens is 169 g/mol. The predicted molar refractivity (Wildman–Crippen MR) is 34.5 cm³/mol. The molecule has 6 heteroatoms. The van der Waals surface area contributed by atoms with Crippen LogP contribution in [0.25, 0.3) is 0 Å². The third kappa shape index (κ3) is 5.30. The van der Waals surface area contributed by atoms with E-state index in [0.717, 1.165) is 17.1 Å². The van der Waals surface area contributed by atoms with Gasteiger partial charge in [-0.1, -0.05) is 0 Å². The Labute approximate surface area is 54.0 Å². The van der Waals surface area contributed by atoms with Crippen LogP contribution < -0.4 is 0 Å². The second kappa shape index (κ2) is 4.46. The Morgan fingerprint density at radius 3 is 1.83 bits per heavy atom. The highest BCUT2D eigenvalue weighted by molar-refractivity contribution is 7.66. The monoisotopic (exact) mass is 168 g/mol. The SMILES string of the molecule is [Si][Si][Si][Si]([Si])[Si]. The Bertz CT molecular complexity index is 21.2. The van der Waals surface area contributed by atoms with Gasteiger partial charge in [-0.3, -0.25) is 0 Å². The molecule has 0 amide bonds.